The molecule has 5 nitrogen and oxygen atoms in total. The second kappa shape index (κ2) is 3.54. The Morgan fingerprint density at radius 3 is 2.69 bits per heavy atom. The average molecular weight is 182 g/mol. The van der Waals surface area contributed by atoms with Crippen LogP contribution in [0.4, 0.5) is 0 Å². The second-order valence-electron chi connectivity index (χ2n) is 3.96. The van der Waals surface area contributed by atoms with Gasteiger partial charge in [0.2, 0.25) is 0 Å². The van der Waals surface area contributed by atoms with E-state index >= 15 is 0 Å². The maximum Gasteiger partial charge on any atom is 0.0621 e. The lowest BCUT2D eigenvalue weighted by Gasteiger charge is -2.51. The van der Waals surface area contributed by atoms with Crippen LogP contribution >= 0.6 is 0 Å². The fraction of sp³-hybridized carbons (Fsp3) is 1.00. The zero-order valence-electron chi connectivity index (χ0n) is 7.50. The summed E-state index contributed by atoms with van der Waals surface area (Å²) in [5.41, 5.74) is 8.10. The Morgan fingerprint density at radius 1 is 1.46 bits per heavy atom. The summed E-state index contributed by atoms with van der Waals surface area (Å²) in [6.07, 6.45) is 1.12. The molecule has 2 heterocycles. The molecule has 3 fully saturated rings. The van der Waals surface area contributed by atoms with E-state index in [4.69, 9.17) is 5.53 Å². The van der Waals surface area contributed by atoms with Crippen molar-refractivity contribution in [2.45, 2.75) is 12.5 Å². The minimum absolute atomic E-state index is 0.0595. The number of rotatable bonds is 3. The topological polar surface area (TPSA) is 72.2 Å². The molecule has 0 aromatic rings. The van der Waals surface area contributed by atoms with E-state index in [-0.39, 0.29) is 6.10 Å². The van der Waals surface area contributed by atoms with Gasteiger partial charge < -0.3 is 10.0 Å². The fourth-order valence-corrected chi connectivity index (χ4v) is 2.37. The second-order valence-corrected chi connectivity index (χ2v) is 3.96. The van der Waals surface area contributed by atoms with Crippen LogP contribution in [0.1, 0.15) is 6.42 Å². The molecule has 2 saturated heterocycles. The highest BCUT2D eigenvalue weighted by molar-refractivity contribution is 4.97. The van der Waals surface area contributed by atoms with Crippen LogP contribution in [0.5, 0.6) is 0 Å². The summed E-state index contributed by atoms with van der Waals surface area (Å²) in [4.78, 5) is 4.99. The molecule has 2 bridgehead atoms. The van der Waals surface area contributed by atoms with Gasteiger partial charge in [-0.05, 0) is 23.8 Å². The molecule has 2 aliphatic heterocycles. The summed E-state index contributed by atoms with van der Waals surface area (Å²) in [5, 5.41) is 13.0. The van der Waals surface area contributed by atoms with E-state index in [9.17, 15) is 5.11 Å². The minimum atomic E-state index is -0.0595. The Balaban J connectivity index is 1.75. The SMILES string of the molecule is [N-]=[N+]=NCCN1CC2CC(C1)C2O. The Kier molecular flexibility index (Phi) is 2.40. The molecule has 2 unspecified atom stereocenters. The van der Waals surface area contributed by atoms with Gasteiger partial charge in [0.15, 0.2) is 0 Å². The fourth-order valence-electron chi connectivity index (χ4n) is 2.37. The first-order chi connectivity index (χ1) is 6.31. The van der Waals surface area contributed by atoms with Gasteiger partial charge in [0.25, 0.3) is 0 Å². The zero-order chi connectivity index (χ0) is 9.26. The van der Waals surface area contributed by atoms with Crippen LogP contribution in [0.25, 0.3) is 10.4 Å². The molecule has 0 radical (unpaired) electrons. The van der Waals surface area contributed by atoms with Crippen LogP contribution in [0.15, 0.2) is 5.11 Å². The number of hydrogen-bond acceptors (Lipinski definition) is 3. The van der Waals surface area contributed by atoms with Gasteiger partial charge in [0.05, 0.1) is 6.10 Å². The smallest absolute Gasteiger partial charge is 0.0621 e. The van der Waals surface area contributed by atoms with Crippen molar-refractivity contribution in [3.05, 3.63) is 10.4 Å². The molecule has 13 heavy (non-hydrogen) atoms. The third kappa shape index (κ3) is 1.63. The molecular weight excluding hydrogens is 168 g/mol. The van der Waals surface area contributed by atoms with Crippen molar-refractivity contribution >= 4 is 0 Å². The number of hydrogen-bond donors (Lipinski definition) is 1. The lowest BCUT2D eigenvalue weighted by atomic mass is 9.68. The average Bonchev–Trinajstić information content (AvgIpc) is 2.18. The molecule has 0 amide bonds. The summed E-state index contributed by atoms with van der Waals surface area (Å²) in [6, 6.07) is 0. The predicted octanol–water partition coefficient (Wildman–Crippen LogP) is 0.609. The van der Waals surface area contributed by atoms with Crippen LogP contribution in [-0.2, 0) is 0 Å². The standard InChI is InChI=1S/C8H14N4O/c9-11-10-1-2-12-4-6-3-7(5-12)8(6)13/h6-8,13H,1-5H2. The van der Waals surface area contributed by atoms with Crippen LogP contribution in [-0.4, -0.2) is 42.3 Å². The first kappa shape index (κ1) is 8.81. The Morgan fingerprint density at radius 2 is 2.15 bits per heavy atom. The molecule has 72 valence electrons. The normalized spacial score (nSPS) is 37.8. The van der Waals surface area contributed by atoms with Crippen molar-refractivity contribution in [3.63, 3.8) is 0 Å². The third-order valence-electron chi connectivity index (χ3n) is 3.14. The van der Waals surface area contributed by atoms with E-state index in [2.05, 4.69) is 14.9 Å². The molecule has 1 N–H and O–H groups in total. The third-order valence-corrected chi connectivity index (χ3v) is 3.14. The quantitative estimate of drug-likeness (QED) is 0.394. The summed E-state index contributed by atoms with van der Waals surface area (Å²) in [6.45, 7) is 3.33. The molecule has 2 atom stereocenters. The van der Waals surface area contributed by atoms with Gasteiger partial charge in [-0.1, -0.05) is 5.11 Å². The number of azide groups is 1. The summed E-state index contributed by atoms with van der Waals surface area (Å²) in [5.74, 6) is 0.953. The van der Waals surface area contributed by atoms with E-state index in [0.717, 1.165) is 19.6 Å². The van der Waals surface area contributed by atoms with Gasteiger partial charge in [-0.25, -0.2) is 0 Å². The number of fused-ring (bicyclic) bond motifs is 2. The van der Waals surface area contributed by atoms with Gasteiger partial charge in [-0.2, -0.15) is 0 Å². The Bertz CT molecular complexity index is 226. The van der Waals surface area contributed by atoms with Gasteiger partial charge in [0.1, 0.15) is 0 Å². The predicted molar refractivity (Wildman–Crippen MR) is 48.1 cm³/mol. The maximum atomic E-state index is 9.51. The minimum Gasteiger partial charge on any atom is -0.392 e. The van der Waals surface area contributed by atoms with Crippen molar-refractivity contribution in [2.24, 2.45) is 17.0 Å². The highest BCUT2D eigenvalue weighted by Crippen LogP contribution is 2.39. The highest BCUT2D eigenvalue weighted by Gasteiger charge is 2.45. The monoisotopic (exact) mass is 182 g/mol. The van der Waals surface area contributed by atoms with E-state index in [1.54, 1.807) is 0 Å². The summed E-state index contributed by atoms with van der Waals surface area (Å²) >= 11 is 0. The van der Waals surface area contributed by atoms with Gasteiger partial charge in [-0.3, -0.25) is 0 Å². The number of piperidine rings is 2. The highest BCUT2D eigenvalue weighted by atomic mass is 16.3. The lowest BCUT2D eigenvalue weighted by molar-refractivity contribution is -0.106. The zero-order valence-corrected chi connectivity index (χ0v) is 7.50. The lowest BCUT2D eigenvalue weighted by Crippen LogP contribution is -2.58. The molecule has 1 saturated carbocycles. The van der Waals surface area contributed by atoms with Gasteiger partial charge >= 0.3 is 0 Å². The van der Waals surface area contributed by atoms with Crippen molar-refractivity contribution in [1.82, 2.24) is 4.90 Å². The number of aliphatic hydroxyl groups excluding tert-OH is 1. The van der Waals surface area contributed by atoms with Crippen LogP contribution in [0.3, 0.4) is 0 Å². The molecule has 5 heteroatoms. The number of aliphatic hydroxyl groups is 1. The van der Waals surface area contributed by atoms with E-state index < -0.39 is 0 Å². The summed E-state index contributed by atoms with van der Waals surface area (Å²) in [7, 11) is 0. The molecule has 0 spiro atoms. The van der Waals surface area contributed by atoms with Crippen molar-refractivity contribution < 1.29 is 5.11 Å². The largest absolute Gasteiger partial charge is 0.392 e. The van der Waals surface area contributed by atoms with Crippen molar-refractivity contribution in [2.75, 3.05) is 26.2 Å². The molecule has 3 rings (SSSR count). The van der Waals surface area contributed by atoms with E-state index in [1.807, 2.05) is 0 Å². The van der Waals surface area contributed by atoms with Crippen LogP contribution in [0.2, 0.25) is 0 Å². The first-order valence-electron chi connectivity index (χ1n) is 4.72. The molecule has 1 aliphatic carbocycles. The molecule has 3 aliphatic rings. The number of nitrogens with zero attached hydrogens (tertiary/aromatic N) is 4. The van der Waals surface area contributed by atoms with Crippen molar-refractivity contribution in [1.29, 1.82) is 0 Å². The van der Waals surface area contributed by atoms with Gasteiger partial charge in [0, 0.05) is 31.1 Å². The molecule has 0 aromatic carbocycles. The van der Waals surface area contributed by atoms with Crippen LogP contribution < -0.4 is 0 Å². The summed E-state index contributed by atoms with van der Waals surface area (Å²) < 4.78 is 0. The Hall–Kier alpha value is -0.770. The molecular formula is C8H14N4O. The Labute approximate surface area is 77.0 Å². The van der Waals surface area contributed by atoms with Gasteiger partial charge in [-0.15, -0.1) is 0 Å². The van der Waals surface area contributed by atoms with Crippen LogP contribution in [0, 0.1) is 11.8 Å². The maximum absolute atomic E-state index is 9.51. The van der Waals surface area contributed by atoms with E-state index in [0.29, 0.717) is 18.4 Å². The van der Waals surface area contributed by atoms with Crippen molar-refractivity contribution in [3.8, 4) is 0 Å². The molecule has 0 aromatic heterocycles. The van der Waals surface area contributed by atoms with E-state index in [1.165, 1.54) is 6.42 Å². The first-order valence-corrected chi connectivity index (χ1v) is 4.72.